The first kappa shape index (κ1) is 24.6. The number of carbonyl (C=O) groups is 1. The largest absolute Gasteiger partial charge is 0.493 e. The van der Waals surface area contributed by atoms with E-state index in [2.05, 4.69) is 10.1 Å². The molecule has 11 heteroatoms. The van der Waals surface area contributed by atoms with E-state index in [1.54, 1.807) is 13.0 Å². The number of carbonyl (C=O) groups excluding carboxylic acids is 1. The predicted octanol–water partition coefficient (Wildman–Crippen LogP) is 3.28. The molecule has 0 aromatic heterocycles. The fourth-order valence-corrected chi connectivity index (χ4v) is 4.59. The average molecular weight is 483 g/mol. The van der Waals surface area contributed by atoms with Crippen LogP contribution >= 0.6 is 0 Å². The van der Waals surface area contributed by atoms with Gasteiger partial charge < -0.3 is 19.5 Å². The van der Waals surface area contributed by atoms with Gasteiger partial charge in [-0.3, -0.25) is 4.79 Å². The summed E-state index contributed by atoms with van der Waals surface area (Å²) in [6.07, 6.45) is 2.71. The van der Waals surface area contributed by atoms with Gasteiger partial charge in [-0.15, -0.1) is 0 Å². The van der Waals surface area contributed by atoms with Gasteiger partial charge in [-0.25, -0.2) is 8.42 Å². The van der Waals surface area contributed by atoms with E-state index in [-0.39, 0.29) is 29.5 Å². The van der Waals surface area contributed by atoms with E-state index in [4.69, 9.17) is 9.47 Å². The summed E-state index contributed by atoms with van der Waals surface area (Å²) < 4.78 is 66.6. The van der Waals surface area contributed by atoms with Crippen molar-refractivity contribution in [1.82, 2.24) is 4.31 Å². The second-order valence-electron chi connectivity index (χ2n) is 7.10. The van der Waals surface area contributed by atoms with Crippen molar-refractivity contribution >= 4 is 27.7 Å². The van der Waals surface area contributed by atoms with Crippen LogP contribution in [0.3, 0.4) is 0 Å². The monoisotopic (exact) mass is 482 g/mol. The molecule has 2 aromatic rings. The summed E-state index contributed by atoms with van der Waals surface area (Å²) in [4.78, 5) is 12.5. The molecule has 1 saturated heterocycles. The van der Waals surface area contributed by atoms with Gasteiger partial charge in [0.1, 0.15) is 0 Å². The van der Waals surface area contributed by atoms with Gasteiger partial charge in [0.15, 0.2) is 11.5 Å². The zero-order valence-corrected chi connectivity index (χ0v) is 18.9. The van der Waals surface area contributed by atoms with Gasteiger partial charge >= 0.3 is 6.61 Å². The first-order valence-electron chi connectivity index (χ1n) is 10.0. The fraction of sp³-hybridized carbons (Fsp3) is 0.318. The highest BCUT2D eigenvalue weighted by Crippen LogP contribution is 2.30. The lowest BCUT2D eigenvalue weighted by atomic mass is 10.1. The molecule has 1 fully saturated rings. The minimum Gasteiger partial charge on any atom is -0.493 e. The highest BCUT2D eigenvalue weighted by molar-refractivity contribution is 7.89. The van der Waals surface area contributed by atoms with Gasteiger partial charge in [-0.1, -0.05) is 12.1 Å². The number of anilines is 1. The molecule has 33 heavy (non-hydrogen) atoms. The third kappa shape index (κ3) is 6.28. The Balaban J connectivity index is 1.74. The molecule has 0 saturated carbocycles. The van der Waals surface area contributed by atoms with Crippen LogP contribution in [0, 0.1) is 6.92 Å². The molecule has 1 heterocycles. The molecule has 1 N–H and O–H groups in total. The maximum Gasteiger partial charge on any atom is 0.387 e. The number of morpholine rings is 1. The number of benzene rings is 2. The van der Waals surface area contributed by atoms with E-state index in [0.29, 0.717) is 30.0 Å². The Kier molecular flexibility index (Phi) is 8.01. The summed E-state index contributed by atoms with van der Waals surface area (Å²) in [6, 6.07) is 8.80. The SMILES string of the molecule is COc1cc(C=CC(=O)Nc2cc(S(=O)(=O)N3CCOCC3)ccc2C)ccc1OC(F)F. The van der Waals surface area contributed by atoms with Crippen LogP contribution in [-0.2, 0) is 19.6 Å². The van der Waals surface area contributed by atoms with Gasteiger partial charge in [0, 0.05) is 24.9 Å². The van der Waals surface area contributed by atoms with Crippen molar-refractivity contribution in [3.8, 4) is 11.5 Å². The number of hydrogen-bond acceptors (Lipinski definition) is 6. The second-order valence-corrected chi connectivity index (χ2v) is 9.04. The quantitative estimate of drug-likeness (QED) is 0.581. The summed E-state index contributed by atoms with van der Waals surface area (Å²) in [5.74, 6) is -0.524. The van der Waals surface area contributed by atoms with Gasteiger partial charge in [-0.05, 0) is 48.4 Å². The van der Waals surface area contributed by atoms with Crippen molar-refractivity contribution < 1.29 is 36.2 Å². The summed E-state index contributed by atoms with van der Waals surface area (Å²) >= 11 is 0. The van der Waals surface area contributed by atoms with E-state index in [1.165, 1.54) is 53.9 Å². The molecule has 0 spiro atoms. The molecule has 2 aromatic carbocycles. The number of rotatable bonds is 8. The fourth-order valence-electron chi connectivity index (χ4n) is 3.16. The highest BCUT2D eigenvalue weighted by Gasteiger charge is 2.26. The molecule has 1 aliphatic heterocycles. The minimum atomic E-state index is -3.71. The summed E-state index contributed by atoms with van der Waals surface area (Å²) in [5, 5.41) is 2.67. The number of nitrogens with zero attached hydrogens (tertiary/aromatic N) is 1. The number of sulfonamides is 1. The van der Waals surface area contributed by atoms with E-state index >= 15 is 0 Å². The van der Waals surface area contributed by atoms with Crippen LogP contribution in [0.25, 0.3) is 6.08 Å². The van der Waals surface area contributed by atoms with Crippen molar-refractivity contribution in [1.29, 1.82) is 0 Å². The molecule has 1 amide bonds. The summed E-state index contributed by atoms with van der Waals surface area (Å²) in [6.45, 7) is -0.0378. The van der Waals surface area contributed by atoms with Crippen molar-refractivity contribution in [2.75, 3.05) is 38.7 Å². The van der Waals surface area contributed by atoms with E-state index in [9.17, 15) is 22.0 Å². The summed E-state index contributed by atoms with van der Waals surface area (Å²) in [7, 11) is -2.39. The molecule has 8 nitrogen and oxygen atoms in total. The van der Waals surface area contributed by atoms with Crippen LogP contribution < -0.4 is 14.8 Å². The third-order valence-corrected chi connectivity index (χ3v) is 6.80. The molecule has 0 bridgehead atoms. The Labute approximate surface area is 190 Å². The number of halogens is 2. The molecule has 3 rings (SSSR count). The number of hydrogen-bond donors (Lipinski definition) is 1. The number of alkyl halides is 2. The predicted molar refractivity (Wildman–Crippen MR) is 118 cm³/mol. The Morgan fingerprint density at radius 3 is 2.55 bits per heavy atom. The molecule has 1 aliphatic rings. The standard InChI is InChI=1S/C22H24F2N2O6S/c1-15-3-6-17(33(28,29)26-9-11-31-12-10-26)14-18(15)25-21(27)8-5-16-4-7-19(32-22(23)24)20(13-16)30-2/h3-8,13-14,22H,9-12H2,1-2H3,(H,25,27). The second kappa shape index (κ2) is 10.7. The minimum absolute atomic E-state index is 0.0774. The number of methoxy groups -OCH3 is 1. The van der Waals surface area contributed by atoms with Crippen LogP contribution in [0.5, 0.6) is 11.5 Å². The Morgan fingerprint density at radius 2 is 1.88 bits per heavy atom. The van der Waals surface area contributed by atoms with Crippen LogP contribution in [-0.4, -0.2) is 58.7 Å². The molecule has 0 unspecified atom stereocenters. The topological polar surface area (TPSA) is 94.2 Å². The first-order chi connectivity index (χ1) is 15.7. The van der Waals surface area contributed by atoms with Crippen molar-refractivity contribution in [3.05, 3.63) is 53.6 Å². The summed E-state index contributed by atoms with van der Waals surface area (Å²) in [5.41, 5.74) is 1.56. The van der Waals surface area contributed by atoms with Crippen LogP contribution in [0.15, 0.2) is 47.4 Å². The first-order valence-corrected chi connectivity index (χ1v) is 11.4. The van der Waals surface area contributed by atoms with Crippen LogP contribution in [0.4, 0.5) is 14.5 Å². The van der Waals surface area contributed by atoms with Crippen molar-refractivity contribution in [3.63, 3.8) is 0 Å². The molecular weight excluding hydrogens is 458 g/mol. The van der Waals surface area contributed by atoms with Gasteiger partial charge in [0.25, 0.3) is 0 Å². The van der Waals surface area contributed by atoms with Gasteiger partial charge in [0.05, 0.1) is 25.2 Å². The molecule has 0 atom stereocenters. The van der Waals surface area contributed by atoms with E-state index in [0.717, 1.165) is 0 Å². The number of aryl methyl sites for hydroxylation is 1. The zero-order valence-electron chi connectivity index (χ0n) is 18.1. The van der Waals surface area contributed by atoms with Crippen molar-refractivity contribution in [2.45, 2.75) is 18.4 Å². The van der Waals surface area contributed by atoms with E-state index in [1.807, 2.05) is 0 Å². The Morgan fingerprint density at radius 1 is 1.15 bits per heavy atom. The number of amides is 1. The Bertz CT molecular complexity index is 1130. The lowest BCUT2D eigenvalue weighted by Gasteiger charge is -2.26. The molecule has 178 valence electrons. The molecule has 0 aliphatic carbocycles. The molecular formula is C22H24F2N2O6S. The Hall–Kier alpha value is -3.02. The van der Waals surface area contributed by atoms with Crippen molar-refractivity contribution in [2.24, 2.45) is 0 Å². The lowest BCUT2D eigenvalue weighted by molar-refractivity contribution is -0.111. The van der Waals surface area contributed by atoms with Crippen LogP contribution in [0.1, 0.15) is 11.1 Å². The third-order valence-electron chi connectivity index (χ3n) is 4.91. The number of nitrogens with one attached hydrogen (secondary N) is 1. The lowest BCUT2D eigenvalue weighted by Crippen LogP contribution is -2.40. The smallest absolute Gasteiger partial charge is 0.387 e. The zero-order chi connectivity index (χ0) is 24.0. The maximum atomic E-state index is 12.9. The normalized spacial score (nSPS) is 15.1. The van der Waals surface area contributed by atoms with Gasteiger partial charge in [0.2, 0.25) is 15.9 Å². The number of ether oxygens (including phenoxy) is 3. The molecule has 0 radical (unpaired) electrons. The van der Waals surface area contributed by atoms with Crippen LogP contribution in [0.2, 0.25) is 0 Å². The van der Waals surface area contributed by atoms with E-state index < -0.39 is 22.5 Å². The van der Waals surface area contributed by atoms with Gasteiger partial charge in [-0.2, -0.15) is 13.1 Å². The highest BCUT2D eigenvalue weighted by atomic mass is 32.2. The maximum absolute atomic E-state index is 12.9. The average Bonchev–Trinajstić information content (AvgIpc) is 2.80.